The first-order valence-electron chi connectivity index (χ1n) is 6.46. The van der Waals surface area contributed by atoms with Gasteiger partial charge in [0, 0.05) is 23.6 Å². The second kappa shape index (κ2) is 4.91. The summed E-state index contributed by atoms with van der Waals surface area (Å²) in [5.74, 6) is 0.779. The lowest BCUT2D eigenvalue weighted by Gasteiger charge is -2.24. The maximum atomic E-state index is 8.89. The van der Waals surface area contributed by atoms with Crippen LogP contribution in [0.15, 0.2) is 22.7 Å². The lowest BCUT2D eigenvalue weighted by molar-refractivity contribution is 0.340. The summed E-state index contributed by atoms with van der Waals surface area (Å²) in [5.41, 5.74) is 1.92. The van der Waals surface area contributed by atoms with E-state index in [0.717, 1.165) is 30.0 Å². The van der Waals surface area contributed by atoms with Crippen molar-refractivity contribution < 1.29 is 0 Å². The van der Waals surface area contributed by atoms with Crippen LogP contribution in [0.4, 0.5) is 5.69 Å². The molecule has 0 spiro atoms. The van der Waals surface area contributed by atoms with Crippen LogP contribution < -0.4 is 10.2 Å². The third-order valence-electron chi connectivity index (χ3n) is 4.02. The van der Waals surface area contributed by atoms with Gasteiger partial charge in [0.2, 0.25) is 0 Å². The highest BCUT2D eigenvalue weighted by Crippen LogP contribution is 2.33. The molecule has 1 aromatic rings. The predicted molar refractivity (Wildman–Crippen MR) is 75.6 cm³/mol. The molecule has 1 N–H and O–H groups in total. The Morgan fingerprint density at radius 2 is 2.28 bits per heavy atom. The van der Waals surface area contributed by atoms with E-state index in [9.17, 15) is 0 Å². The standard InChI is InChI=1S/C14H16BrN3/c15-12-6-10(7-16)3-4-14(12)18-8-11-2-1-5-17-13(11)9-18/h3-4,6,11,13,17H,1-2,5,8-9H2. The molecule has 2 aliphatic rings. The Bertz CT molecular complexity index is 480. The van der Waals surface area contributed by atoms with Crippen LogP contribution in [0.1, 0.15) is 18.4 Å². The first-order chi connectivity index (χ1) is 8.78. The van der Waals surface area contributed by atoms with Crippen LogP contribution in [0, 0.1) is 17.2 Å². The smallest absolute Gasteiger partial charge is 0.0992 e. The maximum absolute atomic E-state index is 8.89. The van der Waals surface area contributed by atoms with Crippen LogP contribution >= 0.6 is 15.9 Å². The monoisotopic (exact) mass is 305 g/mol. The topological polar surface area (TPSA) is 39.1 Å². The van der Waals surface area contributed by atoms with Gasteiger partial charge < -0.3 is 10.2 Å². The number of rotatable bonds is 1. The van der Waals surface area contributed by atoms with Gasteiger partial charge in [0.1, 0.15) is 0 Å². The first-order valence-corrected chi connectivity index (χ1v) is 7.25. The Hall–Kier alpha value is -1.05. The van der Waals surface area contributed by atoms with E-state index in [0.29, 0.717) is 11.6 Å². The van der Waals surface area contributed by atoms with Crippen molar-refractivity contribution in [3.63, 3.8) is 0 Å². The van der Waals surface area contributed by atoms with Crippen LogP contribution in [0.25, 0.3) is 0 Å². The van der Waals surface area contributed by atoms with Gasteiger partial charge in [-0.1, -0.05) is 0 Å². The maximum Gasteiger partial charge on any atom is 0.0992 e. The molecule has 3 nitrogen and oxygen atoms in total. The molecule has 18 heavy (non-hydrogen) atoms. The zero-order chi connectivity index (χ0) is 12.5. The highest BCUT2D eigenvalue weighted by molar-refractivity contribution is 9.10. The molecule has 2 aliphatic heterocycles. The Balaban J connectivity index is 1.82. The van der Waals surface area contributed by atoms with Crippen molar-refractivity contribution in [1.82, 2.24) is 5.32 Å². The minimum atomic E-state index is 0.640. The molecule has 2 atom stereocenters. The minimum Gasteiger partial charge on any atom is -0.369 e. The first kappa shape index (κ1) is 12.0. The molecular formula is C14H16BrN3. The minimum absolute atomic E-state index is 0.640. The van der Waals surface area contributed by atoms with Crippen molar-refractivity contribution in [3.8, 4) is 6.07 Å². The summed E-state index contributed by atoms with van der Waals surface area (Å²) in [4.78, 5) is 2.43. The summed E-state index contributed by atoms with van der Waals surface area (Å²) in [5, 5.41) is 12.5. The predicted octanol–water partition coefficient (Wildman–Crippen LogP) is 2.51. The van der Waals surface area contributed by atoms with Gasteiger partial charge in [0.15, 0.2) is 0 Å². The summed E-state index contributed by atoms with van der Waals surface area (Å²) in [6, 6.07) is 8.68. The summed E-state index contributed by atoms with van der Waals surface area (Å²) >= 11 is 3.58. The van der Waals surface area contributed by atoms with Crippen LogP contribution in [0.5, 0.6) is 0 Å². The summed E-state index contributed by atoms with van der Waals surface area (Å²) in [7, 11) is 0. The molecule has 0 radical (unpaired) electrons. The van der Waals surface area contributed by atoms with Gasteiger partial charge in [-0.25, -0.2) is 0 Å². The number of benzene rings is 1. The van der Waals surface area contributed by atoms with E-state index in [4.69, 9.17) is 5.26 Å². The van der Waals surface area contributed by atoms with Gasteiger partial charge in [-0.2, -0.15) is 5.26 Å². The molecule has 2 unspecified atom stereocenters. The molecule has 4 heteroatoms. The number of anilines is 1. The number of piperidine rings is 1. The van der Waals surface area contributed by atoms with Crippen molar-refractivity contribution >= 4 is 21.6 Å². The lowest BCUT2D eigenvalue weighted by Crippen LogP contribution is -2.40. The fourth-order valence-corrected chi connectivity index (χ4v) is 3.71. The lowest BCUT2D eigenvalue weighted by atomic mass is 9.94. The molecule has 2 saturated heterocycles. The molecule has 2 fully saturated rings. The third-order valence-corrected chi connectivity index (χ3v) is 4.65. The molecule has 2 heterocycles. The normalized spacial score (nSPS) is 26.8. The molecule has 1 aromatic carbocycles. The number of nitrogens with one attached hydrogen (secondary N) is 1. The van der Waals surface area contributed by atoms with Crippen molar-refractivity contribution in [1.29, 1.82) is 5.26 Å². The van der Waals surface area contributed by atoms with Gasteiger partial charge in [0.05, 0.1) is 17.3 Å². The van der Waals surface area contributed by atoms with Crippen molar-refractivity contribution in [2.24, 2.45) is 5.92 Å². The van der Waals surface area contributed by atoms with E-state index in [1.165, 1.54) is 18.5 Å². The fraction of sp³-hybridized carbons (Fsp3) is 0.500. The molecule has 0 amide bonds. The van der Waals surface area contributed by atoms with Crippen LogP contribution in [0.2, 0.25) is 0 Å². The Labute approximate surface area is 116 Å². The summed E-state index contributed by atoms with van der Waals surface area (Å²) < 4.78 is 1.03. The van der Waals surface area contributed by atoms with E-state index in [2.05, 4.69) is 38.3 Å². The molecule has 0 bridgehead atoms. The van der Waals surface area contributed by atoms with Gasteiger partial charge in [-0.15, -0.1) is 0 Å². The van der Waals surface area contributed by atoms with Crippen LogP contribution in [-0.4, -0.2) is 25.7 Å². The summed E-state index contributed by atoms with van der Waals surface area (Å²) in [6.45, 7) is 3.36. The number of hydrogen-bond donors (Lipinski definition) is 1. The zero-order valence-electron chi connectivity index (χ0n) is 10.2. The highest BCUT2D eigenvalue weighted by atomic mass is 79.9. The highest BCUT2D eigenvalue weighted by Gasteiger charge is 2.34. The summed E-state index contributed by atoms with van der Waals surface area (Å²) in [6.07, 6.45) is 2.63. The Morgan fingerprint density at radius 3 is 3.00 bits per heavy atom. The van der Waals surface area contributed by atoms with Gasteiger partial charge >= 0.3 is 0 Å². The Kier molecular flexibility index (Phi) is 3.27. The number of halogens is 1. The van der Waals surface area contributed by atoms with E-state index in [-0.39, 0.29) is 0 Å². The van der Waals surface area contributed by atoms with Gasteiger partial charge in [-0.05, 0) is 59.4 Å². The van der Waals surface area contributed by atoms with E-state index in [1.807, 2.05) is 12.1 Å². The molecule has 0 saturated carbocycles. The number of nitriles is 1. The molecular weight excluding hydrogens is 290 g/mol. The SMILES string of the molecule is N#Cc1ccc(N2CC3CCCNC3C2)c(Br)c1. The van der Waals surface area contributed by atoms with Crippen molar-refractivity contribution in [2.45, 2.75) is 18.9 Å². The van der Waals surface area contributed by atoms with Gasteiger partial charge in [-0.3, -0.25) is 0 Å². The largest absolute Gasteiger partial charge is 0.369 e. The Morgan fingerprint density at radius 1 is 1.39 bits per heavy atom. The average molecular weight is 306 g/mol. The molecule has 3 rings (SSSR count). The van der Waals surface area contributed by atoms with E-state index in [1.54, 1.807) is 0 Å². The van der Waals surface area contributed by atoms with Crippen LogP contribution in [-0.2, 0) is 0 Å². The van der Waals surface area contributed by atoms with E-state index >= 15 is 0 Å². The second-order valence-electron chi connectivity index (χ2n) is 5.15. The third kappa shape index (κ3) is 2.13. The fourth-order valence-electron chi connectivity index (χ4n) is 3.08. The van der Waals surface area contributed by atoms with Crippen molar-refractivity contribution in [3.05, 3.63) is 28.2 Å². The number of nitrogens with zero attached hydrogens (tertiary/aromatic N) is 2. The number of hydrogen-bond acceptors (Lipinski definition) is 3. The van der Waals surface area contributed by atoms with Crippen LogP contribution in [0.3, 0.4) is 0 Å². The number of fused-ring (bicyclic) bond motifs is 1. The molecule has 94 valence electrons. The molecule has 0 aromatic heterocycles. The second-order valence-corrected chi connectivity index (χ2v) is 6.00. The average Bonchev–Trinajstić information content (AvgIpc) is 2.81. The van der Waals surface area contributed by atoms with Gasteiger partial charge in [0.25, 0.3) is 0 Å². The van der Waals surface area contributed by atoms with Crippen molar-refractivity contribution in [2.75, 3.05) is 24.5 Å². The van der Waals surface area contributed by atoms with E-state index < -0.39 is 0 Å². The zero-order valence-corrected chi connectivity index (χ0v) is 11.8. The molecule has 0 aliphatic carbocycles. The quantitative estimate of drug-likeness (QED) is 0.866.